The second-order valence-corrected chi connectivity index (χ2v) is 17.3. The van der Waals surface area contributed by atoms with Crippen molar-refractivity contribution >= 4 is 17.9 Å². The molecule has 0 aliphatic carbocycles. The molecule has 0 rings (SSSR count). The number of carboxylic acid groups (broad SMARTS) is 1. The molecule has 0 aromatic heterocycles. The summed E-state index contributed by atoms with van der Waals surface area (Å²) in [4.78, 5) is 36.9. The van der Waals surface area contributed by atoms with Crippen molar-refractivity contribution in [1.82, 2.24) is 0 Å². The van der Waals surface area contributed by atoms with Crippen LogP contribution >= 0.6 is 0 Å². The van der Waals surface area contributed by atoms with E-state index in [9.17, 15) is 19.5 Å². The van der Waals surface area contributed by atoms with Crippen molar-refractivity contribution in [3.8, 4) is 0 Å². The third kappa shape index (κ3) is 40.4. The number of unbranched alkanes of at least 4 members (excludes halogenated alkanes) is 19. The van der Waals surface area contributed by atoms with E-state index in [-0.39, 0.29) is 42.7 Å². The quantitative estimate of drug-likeness (QED) is 0.0261. The van der Waals surface area contributed by atoms with Gasteiger partial charge in [0.1, 0.15) is 12.6 Å². The Bertz CT molecular complexity index is 1170. The second kappa shape index (κ2) is 42.7. The van der Waals surface area contributed by atoms with Crippen LogP contribution < -0.4 is 5.11 Å². The maximum Gasteiger partial charge on any atom is 0.306 e. The average Bonchev–Trinajstić information content (AvgIpc) is 3.21. The lowest BCUT2D eigenvalue weighted by Crippen LogP contribution is -2.55. The Hall–Kier alpha value is -2.97. The van der Waals surface area contributed by atoms with E-state index in [1.807, 2.05) is 0 Å². The minimum atomic E-state index is -1.13. The molecule has 0 fully saturated rings. The number of rotatable bonds is 43. The predicted octanol–water partition coefficient (Wildman–Crippen LogP) is 12.4. The van der Waals surface area contributed by atoms with Crippen molar-refractivity contribution in [3.05, 3.63) is 60.8 Å². The number of carbonyl (C=O) groups is 3. The predicted molar refractivity (Wildman–Crippen MR) is 249 cm³/mol. The number of esters is 2. The zero-order valence-corrected chi connectivity index (χ0v) is 39.4. The molecule has 60 heavy (non-hydrogen) atoms. The number of hydrogen-bond acceptors (Lipinski definition) is 7. The molecule has 0 bridgehead atoms. The lowest BCUT2D eigenvalue weighted by molar-refractivity contribution is -0.889. The molecule has 0 radical (unpaired) electrons. The lowest BCUT2D eigenvalue weighted by Gasteiger charge is -2.34. The van der Waals surface area contributed by atoms with Crippen LogP contribution in [0.4, 0.5) is 0 Å². The van der Waals surface area contributed by atoms with E-state index in [0.717, 1.165) is 83.5 Å². The van der Waals surface area contributed by atoms with Gasteiger partial charge in [-0.05, 0) is 77.0 Å². The van der Waals surface area contributed by atoms with Crippen molar-refractivity contribution in [2.45, 2.75) is 212 Å². The molecule has 0 saturated heterocycles. The summed E-state index contributed by atoms with van der Waals surface area (Å²) in [5, 5.41) is 11.6. The summed E-state index contributed by atoms with van der Waals surface area (Å²) in [6.45, 7) is 4.52. The average molecular weight is 842 g/mol. The van der Waals surface area contributed by atoms with Crippen LogP contribution in [0.2, 0.25) is 0 Å². The molecule has 2 atom stereocenters. The molecule has 0 N–H and O–H groups in total. The first-order valence-corrected chi connectivity index (χ1v) is 24.3. The Balaban J connectivity index is 4.28. The monoisotopic (exact) mass is 842 g/mol. The van der Waals surface area contributed by atoms with Crippen LogP contribution in [0.5, 0.6) is 0 Å². The molecule has 0 amide bonds. The van der Waals surface area contributed by atoms with E-state index in [0.29, 0.717) is 12.8 Å². The van der Waals surface area contributed by atoms with Gasteiger partial charge in [-0.25, -0.2) is 0 Å². The molecule has 0 heterocycles. The number of hydrogen-bond donors (Lipinski definition) is 0. The van der Waals surface area contributed by atoms with Crippen LogP contribution in [-0.2, 0) is 28.6 Å². The molecular formula is C52H91NO7. The van der Waals surface area contributed by atoms with Gasteiger partial charge in [0, 0.05) is 19.3 Å². The Kier molecular flexibility index (Phi) is 40.6. The highest BCUT2D eigenvalue weighted by atomic mass is 16.6. The topological polar surface area (TPSA) is 102 Å². The van der Waals surface area contributed by atoms with Crippen LogP contribution in [0.15, 0.2) is 60.8 Å². The Morgan fingerprint density at radius 2 is 0.933 bits per heavy atom. The number of aliphatic carboxylic acids is 1. The van der Waals surface area contributed by atoms with Crippen molar-refractivity contribution in [2.75, 3.05) is 41.0 Å². The molecule has 0 aromatic rings. The molecule has 0 aliphatic heterocycles. The molecule has 346 valence electrons. The first-order valence-electron chi connectivity index (χ1n) is 24.3. The van der Waals surface area contributed by atoms with Crippen molar-refractivity contribution < 1.29 is 38.2 Å². The minimum Gasteiger partial charge on any atom is -0.544 e. The van der Waals surface area contributed by atoms with Gasteiger partial charge in [-0.1, -0.05) is 164 Å². The second-order valence-electron chi connectivity index (χ2n) is 17.3. The van der Waals surface area contributed by atoms with Crippen LogP contribution in [0.1, 0.15) is 200 Å². The van der Waals surface area contributed by atoms with Gasteiger partial charge in [-0.2, -0.15) is 0 Å². The Morgan fingerprint density at radius 3 is 1.38 bits per heavy atom. The van der Waals surface area contributed by atoms with E-state index >= 15 is 0 Å². The molecule has 2 unspecified atom stereocenters. The number of carbonyl (C=O) groups excluding carboxylic acids is 3. The summed E-state index contributed by atoms with van der Waals surface area (Å²) in [6.07, 6.45) is 52.5. The van der Waals surface area contributed by atoms with Crippen LogP contribution in [-0.4, -0.2) is 75.5 Å². The first kappa shape index (κ1) is 57.0. The fourth-order valence-electron chi connectivity index (χ4n) is 6.88. The molecular weight excluding hydrogens is 751 g/mol. The highest BCUT2D eigenvalue weighted by Crippen LogP contribution is 2.14. The van der Waals surface area contributed by atoms with Crippen molar-refractivity contribution in [1.29, 1.82) is 0 Å². The summed E-state index contributed by atoms with van der Waals surface area (Å²) in [7, 11) is 5.40. The first-order chi connectivity index (χ1) is 29.1. The number of quaternary nitrogens is 1. The van der Waals surface area contributed by atoms with Crippen molar-refractivity contribution in [3.63, 3.8) is 0 Å². The van der Waals surface area contributed by atoms with E-state index < -0.39 is 18.1 Å². The van der Waals surface area contributed by atoms with E-state index in [2.05, 4.69) is 74.6 Å². The fourth-order valence-corrected chi connectivity index (χ4v) is 6.88. The minimum absolute atomic E-state index is 0.0269. The third-order valence-corrected chi connectivity index (χ3v) is 10.6. The smallest absolute Gasteiger partial charge is 0.306 e. The molecule has 0 aliphatic rings. The molecule has 8 heteroatoms. The summed E-state index contributed by atoms with van der Waals surface area (Å²) in [6, 6.07) is -0.733. The Morgan fingerprint density at radius 1 is 0.517 bits per heavy atom. The van der Waals surface area contributed by atoms with Gasteiger partial charge in [0.2, 0.25) is 0 Å². The normalized spacial score (nSPS) is 13.4. The standard InChI is InChI=1S/C52H91NO7/c1-6-8-10-12-14-16-18-20-22-23-24-25-26-27-28-29-31-32-34-36-38-40-42-50(54)59-47-48(46-58-45-44-49(52(56)57)53(3,4)5)60-51(55)43-41-39-37-35-33-30-21-19-17-15-13-11-9-7-2/h9,11,15,17,21,23-24,26-27,30,48-49H,6-8,10,12-14,16,18-20,22,25,28-29,31-47H2,1-5H3/b11-9+,17-15+,24-23+,27-26+,30-21+. The van der Waals surface area contributed by atoms with Gasteiger partial charge in [-0.15, -0.1) is 0 Å². The molecule has 0 spiro atoms. The van der Waals surface area contributed by atoms with Crippen LogP contribution in [0.3, 0.4) is 0 Å². The maximum atomic E-state index is 12.7. The van der Waals surface area contributed by atoms with Gasteiger partial charge in [-0.3, -0.25) is 9.59 Å². The highest BCUT2D eigenvalue weighted by molar-refractivity contribution is 5.70. The van der Waals surface area contributed by atoms with Crippen LogP contribution in [0.25, 0.3) is 0 Å². The zero-order chi connectivity index (χ0) is 44.2. The summed E-state index contributed by atoms with van der Waals surface area (Å²) >= 11 is 0. The van der Waals surface area contributed by atoms with Crippen LogP contribution in [0, 0.1) is 0 Å². The van der Waals surface area contributed by atoms with E-state index in [1.54, 1.807) is 21.1 Å². The third-order valence-electron chi connectivity index (χ3n) is 10.6. The molecule has 0 saturated carbocycles. The number of likely N-dealkylation sites (N-methyl/N-ethyl adjacent to an activating group) is 1. The number of carboxylic acids is 1. The highest BCUT2D eigenvalue weighted by Gasteiger charge is 2.25. The van der Waals surface area contributed by atoms with Gasteiger partial charge in [0.15, 0.2) is 6.10 Å². The fraction of sp³-hybridized carbons (Fsp3) is 0.750. The molecule has 8 nitrogen and oxygen atoms in total. The summed E-state index contributed by atoms with van der Waals surface area (Å²) in [5.41, 5.74) is 0. The number of allylic oxidation sites excluding steroid dienone is 10. The Labute approximate surface area is 368 Å². The van der Waals surface area contributed by atoms with Gasteiger partial charge in [0.05, 0.1) is 40.3 Å². The number of ether oxygens (including phenoxy) is 3. The largest absolute Gasteiger partial charge is 0.544 e. The summed E-state index contributed by atoms with van der Waals surface area (Å²) in [5.74, 6) is -1.78. The number of nitrogens with zero attached hydrogens (tertiary/aromatic N) is 1. The van der Waals surface area contributed by atoms with E-state index in [1.165, 1.54) is 83.5 Å². The summed E-state index contributed by atoms with van der Waals surface area (Å²) < 4.78 is 17.2. The maximum absolute atomic E-state index is 12.7. The molecule has 0 aromatic carbocycles. The SMILES string of the molecule is CC/C=C/C/C=C/C/C=C/CCCCCCC(=O)OC(COCCC(C(=O)[O-])[N+](C)(C)C)COC(=O)CCCCCCCCC/C=C/C/C=C/CCCCCCCCCC. The zero-order valence-electron chi connectivity index (χ0n) is 39.4. The lowest BCUT2D eigenvalue weighted by atomic mass is 10.1. The van der Waals surface area contributed by atoms with E-state index in [4.69, 9.17) is 14.2 Å². The van der Waals surface area contributed by atoms with Gasteiger partial charge >= 0.3 is 11.9 Å². The van der Waals surface area contributed by atoms with Crippen molar-refractivity contribution in [2.24, 2.45) is 0 Å². The van der Waals surface area contributed by atoms with Gasteiger partial charge < -0.3 is 28.6 Å². The van der Waals surface area contributed by atoms with Gasteiger partial charge in [0.25, 0.3) is 0 Å².